The quantitative estimate of drug-likeness (QED) is 0.524. The van der Waals surface area contributed by atoms with Crippen LogP contribution in [-0.4, -0.2) is 33.3 Å². The molecule has 1 N–H and O–H groups in total. The van der Waals surface area contributed by atoms with Crippen molar-refractivity contribution >= 4 is 17.2 Å². The molecular weight excluding hydrogens is 378 g/mol. The molecule has 0 aliphatic rings. The molecule has 0 spiro atoms. The molecular formula is C23H17N5O2. The monoisotopic (exact) mass is 395 g/mol. The summed E-state index contributed by atoms with van der Waals surface area (Å²) in [7, 11) is 1.59. The van der Waals surface area contributed by atoms with Gasteiger partial charge < -0.3 is 5.32 Å². The van der Waals surface area contributed by atoms with Crippen molar-refractivity contribution < 1.29 is 9.59 Å². The molecule has 0 saturated heterocycles. The lowest BCUT2D eigenvalue weighted by Gasteiger charge is -2.05. The average molecular weight is 395 g/mol. The van der Waals surface area contributed by atoms with E-state index in [9.17, 15) is 9.59 Å². The van der Waals surface area contributed by atoms with Gasteiger partial charge >= 0.3 is 0 Å². The number of nitrogens with zero attached hydrogens (tertiary/aromatic N) is 4. The summed E-state index contributed by atoms with van der Waals surface area (Å²) in [5, 5.41) is 15.8. The lowest BCUT2D eigenvalue weighted by molar-refractivity contribution is 0.0961. The van der Waals surface area contributed by atoms with Crippen LogP contribution >= 0.6 is 0 Å². The maximum absolute atomic E-state index is 12.8. The summed E-state index contributed by atoms with van der Waals surface area (Å²) in [5.41, 5.74) is 4.75. The van der Waals surface area contributed by atoms with Gasteiger partial charge in [-0.2, -0.15) is 10.4 Å². The predicted octanol–water partition coefficient (Wildman–Crippen LogP) is 3.05. The Morgan fingerprint density at radius 3 is 2.53 bits per heavy atom. The molecule has 30 heavy (non-hydrogen) atoms. The number of amides is 1. The molecule has 4 rings (SSSR count). The lowest BCUT2D eigenvalue weighted by atomic mass is 10.0. The smallest absolute Gasteiger partial charge is 0.251 e. The fourth-order valence-electron chi connectivity index (χ4n) is 3.18. The van der Waals surface area contributed by atoms with E-state index in [1.165, 1.54) is 6.20 Å². The third-order valence-electron chi connectivity index (χ3n) is 4.82. The van der Waals surface area contributed by atoms with E-state index >= 15 is 0 Å². The van der Waals surface area contributed by atoms with Gasteiger partial charge in [0.05, 0.1) is 23.7 Å². The van der Waals surface area contributed by atoms with E-state index in [0.29, 0.717) is 22.4 Å². The van der Waals surface area contributed by atoms with E-state index < -0.39 is 0 Å². The largest absolute Gasteiger partial charge is 0.355 e. The first-order chi connectivity index (χ1) is 14.6. The van der Waals surface area contributed by atoms with Crippen molar-refractivity contribution in [3.63, 3.8) is 0 Å². The van der Waals surface area contributed by atoms with Gasteiger partial charge in [0, 0.05) is 41.8 Å². The van der Waals surface area contributed by atoms with Crippen LogP contribution in [0.2, 0.25) is 0 Å². The molecule has 4 aromatic rings. The minimum absolute atomic E-state index is 0.0724. The Kier molecular flexibility index (Phi) is 5.06. The Hall–Kier alpha value is -4.31. The molecule has 146 valence electrons. The number of fused-ring (bicyclic) bond motifs is 1. The molecule has 0 bridgehead atoms. The maximum atomic E-state index is 12.8. The average Bonchev–Trinajstić information content (AvgIpc) is 3.22. The highest BCUT2D eigenvalue weighted by Gasteiger charge is 2.13. The number of aromatic nitrogens is 3. The van der Waals surface area contributed by atoms with Crippen molar-refractivity contribution in [1.29, 1.82) is 5.26 Å². The number of Topliss-reactive ketones (excluding diaryl/α,β-unsaturated/α-hetero) is 1. The van der Waals surface area contributed by atoms with Crippen LogP contribution in [0.3, 0.4) is 0 Å². The number of carbonyl (C=O) groups excluding carboxylic acids is 2. The maximum Gasteiger partial charge on any atom is 0.251 e. The number of rotatable bonds is 5. The van der Waals surface area contributed by atoms with E-state index in [0.717, 1.165) is 16.6 Å². The number of hydrogen-bond donors (Lipinski definition) is 1. The molecule has 0 aliphatic heterocycles. The standard InChI is InChI=1S/C23H17N5O2/c1-25-23(30)17-5-3-16(4-6-17)20-14-27-28-9-8-18(10-21(20)28)22(29)11-19-7-2-15(12-24)13-26-19/h2-10,13-14H,11H2,1H3,(H,25,30). The van der Waals surface area contributed by atoms with Crippen LogP contribution in [0.5, 0.6) is 0 Å². The van der Waals surface area contributed by atoms with Gasteiger partial charge in [-0.15, -0.1) is 0 Å². The molecule has 1 amide bonds. The summed E-state index contributed by atoms with van der Waals surface area (Å²) in [6, 6.07) is 16.1. The van der Waals surface area contributed by atoms with Crippen molar-refractivity contribution in [2.45, 2.75) is 6.42 Å². The normalized spacial score (nSPS) is 10.5. The summed E-state index contributed by atoms with van der Waals surface area (Å²) in [6.07, 6.45) is 5.09. The number of nitriles is 1. The first-order valence-electron chi connectivity index (χ1n) is 9.27. The molecule has 0 fully saturated rings. The highest BCUT2D eigenvalue weighted by Crippen LogP contribution is 2.26. The van der Waals surface area contributed by atoms with Gasteiger partial charge in [0.15, 0.2) is 5.78 Å². The number of ketones is 1. The second-order valence-corrected chi connectivity index (χ2v) is 6.71. The van der Waals surface area contributed by atoms with E-state index in [4.69, 9.17) is 5.26 Å². The van der Waals surface area contributed by atoms with Crippen molar-refractivity contribution in [3.05, 3.63) is 89.5 Å². The third kappa shape index (κ3) is 3.66. The molecule has 7 heteroatoms. The summed E-state index contributed by atoms with van der Waals surface area (Å²) in [6.45, 7) is 0. The second kappa shape index (κ2) is 7.97. The fraction of sp³-hybridized carbons (Fsp3) is 0.0870. The Labute approximate surface area is 172 Å². The van der Waals surface area contributed by atoms with Crippen LogP contribution in [-0.2, 0) is 6.42 Å². The molecule has 0 radical (unpaired) electrons. The van der Waals surface area contributed by atoms with Crippen molar-refractivity contribution in [1.82, 2.24) is 19.9 Å². The van der Waals surface area contributed by atoms with Crippen LogP contribution in [0, 0.1) is 11.3 Å². The molecule has 0 atom stereocenters. The molecule has 7 nitrogen and oxygen atoms in total. The van der Waals surface area contributed by atoms with Crippen LogP contribution in [0.15, 0.2) is 67.1 Å². The number of pyridine rings is 2. The van der Waals surface area contributed by atoms with Gasteiger partial charge in [0.25, 0.3) is 5.91 Å². The minimum Gasteiger partial charge on any atom is -0.355 e. The topological polar surface area (TPSA) is 100 Å². The van der Waals surface area contributed by atoms with Crippen LogP contribution in [0.25, 0.3) is 16.6 Å². The van der Waals surface area contributed by atoms with E-state index in [-0.39, 0.29) is 18.1 Å². The van der Waals surface area contributed by atoms with Gasteiger partial charge in [-0.1, -0.05) is 12.1 Å². The molecule has 1 aromatic carbocycles. The summed E-state index contributed by atoms with van der Waals surface area (Å²) >= 11 is 0. The van der Waals surface area contributed by atoms with Gasteiger partial charge in [0.2, 0.25) is 0 Å². The van der Waals surface area contributed by atoms with Gasteiger partial charge in [-0.05, 0) is 42.0 Å². The molecule has 0 aliphatic carbocycles. The van der Waals surface area contributed by atoms with Gasteiger partial charge in [-0.3, -0.25) is 14.6 Å². The first kappa shape index (κ1) is 19.0. The molecule has 0 saturated carbocycles. The van der Waals surface area contributed by atoms with Gasteiger partial charge in [0.1, 0.15) is 6.07 Å². The number of hydrogen-bond acceptors (Lipinski definition) is 5. The van der Waals surface area contributed by atoms with Crippen molar-refractivity contribution in [3.8, 4) is 17.2 Å². The van der Waals surface area contributed by atoms with Crippen molar-refractivity contribution in [2.75, 3.05) is 7.05 Å². The molecule has 3 heterocycles. The minimum atomic E-state index is -0.147. The zero-order valence-corrected chi connectivity index (χ0v) is 16.2. The molecule has 0 unspecified atom stereocenters. The van der Waals surface area contributed by atoms with E-state index in [1.54, 1.807) is 60.4 Å². The Morgan fingerprint density at radius 2 is 1.87 bits per heavy atom. The first-order valence-corrected chi connectivity index (χ1v) is 9.27. The zero-order chi connectivity index (χ0) is 21.1. The fourth-order valence-corrected chi connectivity index (χ4v) is 3.18. The molecule has 3 aromatic heterocycles. The summed E-state index contributed by atoms with van der Waals surface area (Å²) < 4.78 is 1.71. The second-order valence-electron chi connectivity index (χ2n) is 6.71. The Bertz CT molecular complexity index is 1280. The number of nitrogens with one attached hydrogen (secondary N) is 1. The summed E-state index contributed by atoms with van der Waals surface area (Å²) in [5.74, 6) is -0.220. The SMILES string of the molecule is CNC(=O)c1ccc(-c2cnn3ccc(C(=O)Cc4ccc(C#N)cn4)cc23)cc1. The lowest BCUT2D eigenvalue weighted by Crippen LogP contribution is -2.17. The Balaban J connectivity index is 1.63. The summed E-state index contributed by atoms with van der Waals surface area (Å²) in [4.78, 5) is 28.7. The highest BCUT2D eigenvalue weighted by atomic mass is 16.1. The Morgan fingerprint density at radius 1 is 1.07 bits per heavy atom. The van der Waals surface area contributed by atoms with E-state index in [1.807, 2.05) is 18.2 Å². The van der Waals surface area contributed by atoms with Crippen molar-refractivity contribution in [2.24, 2.45) is 0 Å². The van der Waals surface area contributed by atoms with Crippen LogP contribution in [0.1, 0.15) is 32.0 Å². The van der Waals surface area contributed by atoms with Crippen LogP contribution in [0.4, 0.5) is 0 Å². The number of benzene rings is 1. The highest BCUT2D eigenvalue weighted by molar-refractivity contribution is 5.99. The third-order valence-corrected chi connectivity index (χ3v) is 4.82. The predicted molar refractivity (Wildman–Crippen MR) is 111 cm³/mol. The van der Waals surface area contributed by atoms with Crippen LogP contribution < -0.4 is 5.32 Å². The van der Waals surface area contributed by atoms with Gasteiger partial charge in [-0.25, -0.2) is 4.52 Å². The zero-order valence-electron chi connectivity index (χ0n) is 16.2. The number of carbonyl (C=O) groups is 2. The van der Waals surface area contributed by atoms with E-state index in [2.05, 4.69) is 15.4 Å².